The molecule has 1 heterocycles. The maximum Gasteiger partial charge on any atom is 0.163 e. The Morgan fingerprint density at radius 1 is 1.50 bits per heavy atom. The standard InChI is InChI=1S/C14H18FN3O2/c1-20-12-3-2-10(9-16)13(14(12)19)11(8-15)18-6-4-17-5-7-18/h2-3,11,17,19H,4-8H2,1H3/t11-/m1/s1. The molecule has 1 atom stereocenters. The molecule has 1 aliphatic heterocycles. The molecule has 1 aromatic carbocycles. The summed E-state index contributed by atoms with van der Waals surface area (Å²) in [6.45, 7) is 2.23. The number of methoxy groups -OCH3 is 1. The third-order valence-corrected chi connectivity index (χ3v) is 3.59. The maximum absolute atomic E-state index is 13.5. The lowest BCUT2D eigenvalue weighted by atomic mass is 9.98. The van der Waals surface area contributed by atoms with Gasteiger partial charge in [0.2, 0.25) is 0 Å². The van der Waals surface area contributed by atoms with Crippen molar-refractivity contribution in [3.8, 4) is 17.6 Å². The number of nitrogens with one attached hydrogen (secondary N) is 1. The van der Waals surface area contributed by atoms with Crippen LogP contribution >= 0.6 is 0 Å². The van der Waals surface area contributed by atoms with E-state index in [1.54, 1.807) is 6.07 Å². The van der Waals surface area contributed by atoms with E-state index in [9.17, 15) is 14.8 Å². The lowest BCUT2D eigenvalue weighted by Crippen LogP contribution is -2.45. The smallest absolute Gasteiger partial charge is 0.163 e. The Morgan fingerprint density at radius 3 is 2.75 bits per heavy atom. The Bertz CT molecular complexity index is 510. The number of rotatable bonds is 4. The molecule has 0 spiro atoms. The molecule has 1 saturated heterocycles. The monoisotopic (exact) mass is 279 g/mol. The van der Waals surface area contributed by atoms with Gasteiger partial charge in [0.1, 0.15) is 6.67 Å². The first-order valence-electron chi connectivity index (χ1n) is 6.53. The molecular weight excluding hydrogens is 261 g/mol. The van der Waals surface area contributed by atoms with E-state index >= 15 is 0 Å². The molecule has 0 aliphatic carbocycles. The molecule has 0 amide bonds. The molecule has 2 N–H and O–H groups in total. The summed E-state index contributed by atoms with van der Waals surface area (Å²) in [5.41, 5.74) is 0.598. The second-order valence-electron chi connectivity index (χ2n) is 4.65. The number of halogens is 1. The van der Waals surface area contributed by atoms with Crippen LogP contribution in [0.1, 0.15) is 17.2 Å². The molecule has 108 valence electrons. The van der Waals surface area contributed by atoms with Crippen LogP contribution in [0.25, 0.3) is 0 Å². The van der Waals surface area contributed by atoms with Crippen molar-refractivity contribution in [1.82, 2.24) is 10.2 Å². The minimum absolute atomic E-state index is 0.146. The van der Waals surface area contributed by atoms with Crippen molar-refractivity contribution in [3.05, 3.63) is 23.3 Å². The fourth-order valence-corrected chi connectivity index (χ4v) is 2.54. The van der Waals surface area contributed by atoms with Gasteiger partial charge in [0, 0.05) is 31.7 Å². The summed E-state index contributed by atoms with van der Waals surface area (Å²) in [5, 5.41) is 22.6. The highest BCUT2D eigenvalue weighted by molar-refractivity contribution is 5.55. The van der Waals surface area contributed by atoms with Gasteiger partial charge in [-0.1, -0.05) is 0 Å². The van der Waals surface area contributed by atoms with Crippen molar-refractivity contribution >= 4 is 0 Å². The van der Waals surface area contributed by atoms with Crippen LogP contribution in [-0.4, -0.2) is 50.0 Å². The summed E-state index contributed by atoms with van der Waals surface area (Å²) in [5.74, 6) is 0.111. The number of hydrogen-bond donors (Lipinski definition) is 2. The molecule has 0 radical (unpaired) electrons. The Hall–Kier alpha value is -1.84. The first kappa shape index (κ1) is 14.6. The average Bonchev–Trinajstić information content (AvgIpc) is 2.50. The van der Waals surface area contributed by atoms with Crippen LogP contribution in [0, 0.1) is 11.3 Å². The molecule has 2 rings (SSSR count). The van der Waals surface area contributed by atoms with Crippen molar-refractivity contribution in [2.24, 2.45) is 0 Å². The van der Waals surface area contributed by atoms with E-state index in [2.05, 4.69) is 5.32 Å². The number of nitriles is 1. The molecule has 1 aromatic rings. The minimum Gasteiger partial charge on any atom is -0.504 e. The molecule has 20 heavy (non-hydrogen) atoms. The van der Waals surface area contributed by atoms with Crippen LogP contribution in [0.2, 0.25) is 0 Å². The van der Waals surface area contributed by atoms with Gasteiger partial charge in [-0.2, -0.15) is 5.26 Å². The number of phenols is 1. The van der Waals surface area contributed by atoms with Crippen molar-refractivity contribution in [1.29, 1.82) is 5.26 Å². The fourth-order valence-electron chi connectivity index (χ4n) is 2.54. The Labute approximate surface area is 117 Å². The van der Waals surface area contributed by atoms with Crippen molar-refractivity contribution in [3.63, 3.8) is 0 Å². The van der Waals surface area contributed by atoms with Gasteiger partial charge in [0.05, 0.1) is 24.8 Å². The lowest BCUT2D eigenvalue weighted by molar-refractivity contribution is 0.144. The summed E-state index contributed by atoms with van der Waals surface area (Å²) in [4.78, 5) is 1.94. The number of piperazine rings is 1. The lowest BCUT2D eigenvalue weighted by Gasteiger charge is -2.34. The molecule has 5 nitrogen and oxygen atoms in total. The minimum atomic E-state index is -0.657. The largest absolute Gasteiger partial charge is 0.504 e. The molecule has 0 bridgehead atoms. The normalized spacial score (nSPS) is 17.4. The van der Waals surface area contributed by atoms with Crippen molar-refractivity contribution < 1.29 is 14.2 Å². The molecule has 0 unspecified atom stereocenters. The van der Waals surface area contributed by atoms with Crippen LogP contribution in [0.5, 0.6) is 11.5 Å². The van der Waals surface area contributed by atoms with E-state index in [0.717, 1.165) is 13.1 Å². The van der Waals surface area contributed by atoms with E-state index < -0.39 is 12.7 Å². The van der Waals surface area contributed by atoms with E-state index in [1.165, 1.54) is 13.2 Å². The average molecular weight is 279 g/mol. The van der Waals surface area contributed by atoms with Crippen molar-refractivity contribution in [2.75, 3.05) is 40.0 Å². The van der Waals surface area contributed by atoms with Crippen LogP contribution in [0.3, 0.4) is 0 Å². The molecule has 0 saturated carbocycles. The van der Waals surface area contributed by atoms with Crippen molar-refractivity contribution in [2.45, 2.75) is 6.04 Å². The topological polar surface area (TPSA) is 68.5 Å². The predicted octanol–water partition coefficient (Wildman–Crippen LogP) is 1.19. The quantitative estimate of drug-likeness (QED) is 0.866. The van der Waals surface area contributed by atoms with Gasteiger partial charge in [-0.3, -0.25) is 4.90 Å². The number of ether oxygens (including phenoxy) is 1. The molecule has 0 aromatic heterocycles. The Kier molecular flexibility index (Phi) is 4.77. The zero-order valence-corrected chi connectivity index (χ0v) is 11.4. The first-order valence-corrected chi connectivity index (χ1v) is 6.53. The maximum atomic E-state index is 13.5. The third-order valence-electron chi connectivity index (χ3n) is 3.59. The molecule has 6 heteroatoms. The molecule has 1 aliphatic rings. The summed E-state index contributed by atoms with van der Waals surface area (Å²) >= 11 is 0. The predicted molar refractivity (Wildman–Crippen MR) is 72.5 cm³/mol. The second kappa shape index (κ2) is 6.55. The van der Waals surface area contributed by atoms with Gasteiger partial charge < -0.3 is 15.2 Å². The van der Waals surface area contributed by atoms with Gasteiger partial charge in [-0.25, -0.2) is 4.39 Å². The zero-order chi connectivity index (χ0) is 14.5. The molecular formula is C14H18FN3O2. The summed E-state index contributed by atoms with van der Waals surface area (Å²) in [6.07, 6.45) is 0. The summed E-state index contributed by atoms with van der Waals surface area (Å²) in [7, 11) is 1.43. The van der Waals surface area contributed by atoms with E-state index in [1.807, 2.05) is 11.0 Å². The number of hydrogen-bond acceptors (Lipinski definition) is 5. The number of phenolic OH excluding ortho intramolecular Hbond substituents is 1. The third kappa shape index (κ3) is 2.69. The fraction of sp³-hybridized carbons (Fsp3) is 0.500. The highest BCUT2D eigenvalue weighted by Gasteiger charge is 2.28. The number of aromatic hydroxyl groups is 1. The Morgan fingerprint density at radius 2 is 2.20 bits per heavy atom. The summed E-state index contributed by atoms with van der Waals surface area (Å²) in [6, 6.07) is 4.47. The Balaban J connectivity index is 2.44. The number of nitrogens with zero attached hydrogens (tertiary/aromatic N) is 2. The highest BCUT2D eigenvalue weighted by Crippen LogP contribution is 2.38. The van der Waals surface area contributed by atoms with Crippen LogP contribution in [0.15, 0.2) is 12.1 Å². The summed E-state index contributed by atoms with van der Waals surface area (Å²) < 4.78 is 18.6. The molecule has 1 fully saturated rings. The van der Waals surface area contributed by atoms with Crippen LogP contribution < -0.4 is 10.1 Å². The highest BCUT2D eigenvalue weighted by atomic mass is 19.1. The number of alkyl halides is 1. The van der Waals surface area contributed by atoms with E-state index in [-0.39, 0.29) is 17.1 Å². The van der Waals surface area contributed by atoms with Gasteiger partial charge in [-0.15, -0.1) is 0 Å². The SMILES string of the molecule is COc1ccc(C#N)c([C@@H](CF)N2CCNCC2)c1O. The van der Waals surface area contributed by atoms with E-state index in [4.69, 9.17) is 4.74 Å². The number of benzene rings is 1. The van der Waals surface area contributed by atoms with Crippen LogP contribution in [0.4, 0.5) is 4.39 Å². The van der Waals surface area contributed by atoms with Gasteiger partial charge in [-0.05, 0) is 12.1 Å². The van der Waals surface area contributed by atoms with E-state index in [0.29, 0.717) is 18.7 Å². The van der Waals surface area contributed by atoms with Crippen LogP contribution in [-0.2, 0) is 0 Å². The van der Waals surface area contributed by atoms with Gasteiger partial charge in [0.25, 0.3) is 0 Å². The first-order chi connectivity index (χ1) is 9.72. The second-order valence-corrected chi connectivity index (χ2v) is 4.65. The zero-order valence-electron chi connectivity index (χ0n) is 11.4. The van der Waals surface area contributed by atoms with Gasteiger partial charge in [0.15, 0.2) is 11.5 Å². The van der Waals surface area contributed by atoms with Gasteiger partial charge >= 0.3 is 0 Å².